The van der Waals surface area contributed by atoms with E-state index in [9.17, 15) is 4.79 Å². The first-order chi connectivity index (χ1) is 9.20. The Morgan fingerprint density at radius 3 is 3.00 bits per heavy atom. The number of hydrogen-bond donors (Lipinski definition) is 3. The lowest BCUT2D eigenvalue weighted by molar-refractivity contribution is -0.115. The van der Waals surface area contributed by atoms with Gasteiger partial charge in [0, 0.05) is 13.0 Å². The minimum Gasteiger partial charge on any atom is -0.463 e. The average Bonchev–Trinajstić information content (AvgIpc) is 2.56. The molecule has 4 N–H and O–H groups in total. The van der Waals surface area contributed by atoms with Crippen LogP contribution in [0.15, 0.2) is 0 Å². The third kappa shape index (κ3) is 3.46. The fourth-order valence-electron chi connectivity index (χ4n) is 1.78. The third-order valence-electron chi connectivity index (χ3n) is 2.80. The molecule has 0 saturated heterocycles. The Morgan fingerprint density at radius 1 is 1.37 bits per heavy atom. The van der Waals surface area contributed by atoms with E-state index in [-0.39, 0.29) is 17.7 Å². The van der Waals surface area contributed by atoms with Crippen LogP contribution in [0.5, 0.6) is 6.01 Å². The Morgan fingerprint density at radius 2 is 2.21 bits per heavy atom. The summed E-state index contributed by atoms with van der Waals surface area (Å²) in [5.74, 6) is 0.639. The van der Waals surface area contributed by atoms with Gasteiger partial charge in [0.05, 0.1) is 6.61 Å². The fraction of sp³-hybridized carbons (Fsp3) is 0.583. The second-order valence-electron chi connectivity index (χ2n) is 4.40. The number of nitrogens with two attached hydrogens (primary N) is 1. The summed E-state index contributed by atoms with van der Waals surface area (Å²) >= 11 is 0. The van der Waals surface area contributed by atoms with Crippen molar-refractivity contribution in [2.75, 3.05) is 29.5 Å². The Bertz CT molecular complexity index is 464. The number of ether oxygens (including phenoxy) is 1. The number of nitrogens with zero attached hydrogens (tertiary/aromatic N) is 2. The van der Waals surface area contributed by atoms with Crippen molar-refractivity contribution in [1.82, 2.24) is 9.97 Å². The van der Waals surface area contributed by atoms with Crippen LogP contribution in [0.3, 0.4) is 0 Å². The average molecular weight is 265 g/mol. The van der Waals surface area contributed by atoms with E-state index >= 15 is 0 Å². The molecule has 1 aliphatic rings. The van der Waals surface area contributed by atoms with Crippen LogP contribution in [0.4, 0.5) is 17.3 Å². The SMILES string of the molecule is CCCCCOc1nc(N)c2c(n1)NCCC(=O)N2. The van der Waals surface area contributed by atoms with E-state index in [0.717, 1.165) is 19.3 Å². The van der Waals surface area contributed by atoms with Crippen molar-refractivity contribution in [3.63, 3.8) is 0 Å². The highest BCUT2D eigenvalue weighted by Crippen LogP contribution is 2.29. The summed E-state index contributed by atoms with van der Waals surface area (Å²) in [5, 5.41) is 5.73. The molecule has 2 heterocycles. The molecule has 1 aromatic rings. The number of carbonyl (C=O) groups is 1. The molecule has 0 radical (unpaired) electrons. The summed E-state index contributed by atoms with van der Waals surface area (Å²) in [6, 6.07) is 0.246. The summed E-state index contributed by atoms with van der Waals surface area (Å²) in [6.07, 6.45) is 3.57. The zero-order valence-electron chi connectivity index (χ0n) is 11.0. The number of carbonyl (C=O) groups excluding carboxylic acids is 1. The van der Waals surface area contributed by atoms with Crippen molar-refractivity contribution >= 4 is 23.2 Å². The van der Waals surface area contributed by atoms with Crippen LogP contribution >= 0.6 is 0 Å². The highest BCUT2D eigenvalue weighted by Gasteiger charge is 2.18. The fourth-order valence-corrected chi connectivity index (χ4v) is 1.78. The Labute approximate surface area is 111 Å². The van der Waals surface area contributed by atoms with Crippen LogP contribution in [0.1, 0.15) is 32.6 Å². The molecular weight excluding hydrogens is 246 g/mol. The molecule has 2 rings (SSSR count). The highest BCUT2D eigenvalue weighted by molar-refractivity contribution is 5.98. The minimum absolute atomic E-state index is 0.0989. The van der Waals surface area contributed by atoms with E-state index < -0.39 is 0 Å². The summed E-state index contributed by atoms with van der Waals surface area (Å²) in [4.78, 5) is 19.7. The maximum absolute atomic E-state index is 11.4. The van der Waals surface area contributed by atoms with Crippen LogP contribution < -0.4 is 21.1 Å². The first kappa shape index (κ1) is 13.4. The molecule has 0 unspecified atom stereocenters. The van der Waals surface area contributed by atoms with Gasteiger partial charge in [-0.1, -0.05) is 19.8 Å². The molecule has 1 aromatic heterocycles. The molecule has 1 aliphatic heterocycles. The molecule has 104 valence electrons. The molecule has 0 aliphatic carbocycles. The molecule has 0 spiro atoms. The van der Waals surface area contributed by atoms with Gasteiger partial charge >= 0.3 is 6.01 Å². The largest absolute Gasteiger partial charge is 0.463 e. The number of nitrogen functional groups attached to an aromatic ring is 1. The lowest BCUT2D eigenvalue weighted by Gasteiger charge is -2.11. The number of anilines is 3. The first-order valence-electron chi connectivity index (χ1n) is 6.54. The first-order valence-corrected chi connectivity index (χ1v) is 6.54. The van der Waals surface area contributed by atoms with Gasteiger partial charge in [-0.15, -0.1) is 0 Å². The maximum Gasteiger partial charge on any atom is 0.320 e. The predicted octanol–water partition coefficient (Wildman–Crippen LogP) is 1.38. The number of aromatic nitrogens is 2. The van der Waals surface area contributed by atoms with Crippen LogP contribution in [-0.4, -0.2) is 29.0 Å². The lowest BCUT2D eigenvalue weighted by Crippen LogP contribution is -2.12. The summed E-state index contributed by atoms with van der Waals surface area (Å²) in [7, 11) is 0. The van der Waals surface area contributed by atoms with E-state index in [1.807, 2.05) is 0 Å². The summed E-state index contributed by atoms with van der Waals surface area (Å²) in [5.41, 5.74) is 6.25. The van der Waals surface area contributed by atoms with E-state index in [4.69, 9.17) is 10.5 Å². The molecule has 19 heavy (non-hydrogen) atoms. The molecule has 1 amide bonds. The number of fused-ring (bicyclic) bond motifs is 1. The van der Waals surface area contributed by atoms with E-state index in [2.05, 4.69) is 27.5 Å². The second-order valence-corrected chi connectivity index (χ2v) is 4.40. The number of amides is 1. The van der Waals surface area contributed by atoms with E-state index in [1.54, 1.807) is 0 Å². The molecule has 0 aromatic carbocycles. The molecule has 0 bridgehead atoms. The van der Waals surface area contributed by atoms with Crippen LogP contribution in [0.2, 0.25) is 0 Å². The van der Waals surface area contributed by atoms with Gasteiger partial charge in [-0.3, -0.25) is 4.79 Å². The van der Waals surface area contributed by atoms with Gasteiger partial charge < -0.3 is 21.1 Å². The van der Waals surface area contributed by atoms with Gasteiger partial charge in [0.1, 0.15) is 5.69 Å². The van der Waals surface area contributed by atoms with Crippen LogP contribution in [0, 0.1) is 0 Å². The molecule has 0 saturated carbocycles. The monoisotopic (exact) mass is 265 g/mol. The Hall–Kier alpha value is -2.05. The van der Waals surface area contributed by atoms with E-state index in [0.29, 0.717) is 31.1 Å². The minimum atomic E-state index is -0.0989. The molecule has 0 fully saturated rings. The van der Waals surface area contributed by atoms with Gasteiger partial charge in [0.2, 0.25) is 5.91 Å². The zero-order chi connectivity index (χ0) is 13.7. The number of unbranched alkanes of at least 4 members (excludes halogenated alkanes) is 2. The van der Waals surface area contributed by atoms with Gasteiger partial charge in [-0.05, 0) is 6.42 Å². The quantitative estimate of drug-likeness (QED) is 0.695. The van der Waals surface area contributed by atoms with Gasteiger partial charge in [-0.25, -0.2) is 0 Å². The second kappa shape index (κ2) is 6.21. The van der Waals surface area contributed by atoms with Gasteiger partial charge in [-0.2, -0.15) is 9.97 Å². The van der Waals surface area contributed by atoms with Gasteiger partial charge in [0.25, 0.3) is 0 Å². The standard InChI is InChI=1S/C12H19N5O2/c1-2-3-4-7-19-12-16-10(13)9-11(17-12)14-6-5-8(18)15-9/h2-7H2,1H3,(H,15,18)(H3,13,14,16,17). The summed E-state index contributed by atoms with van der Waals surface area (Å²) < 4.78 is 5.47. The molecule has 7 heteroatoms. The van der Waals surface area contributed by atoms with Crippen molar-refractivity contribution in [2.45, 2.75) is 32.6 Å². The molecular formula is C12H19N5O2. The number of rotatable bonds is 5. The van der Waals surface area contributed by atoms with Crippen molar-refractivity contribution in [1.29, 1.82) is 0 Å². The topological polar surface area (TPSA) is 102 Å². The highest BCUT2D eigenvalue weighted by atomic mass is 16.5. The van der Waals surface area contributed by atoms with Crippen molar-refractivity contribution in [3.8, 4) is 6.01 Å². The van der Waals surface area contributed by atoms with Crippen molar-refractivity contribution < 1.29 is 9.53 Å². The normalized spacial score (nSPS) is 14.1. The smallest absolute Gasteiger partial charge is 0.320 e. The molecule has 0 atom stereocenters. The third-order valence-corrected chi connectivity index (χ3v) is 2.80. The molecule has 7 nitrogen and oxygen atoms in total. The zero-order valence-corrected chi connectivity index (χ0v) is 11.0. The van der Waals surface area contributed by atoms with Crippen LogP contribution in [0.25, 0.3) is 0 Å². The van der Waals surface area contributed by atoms with Crippen molar-refractivity contribution in [2.24, 2.45) is 0 Å². The van der Waals surface area contributed by atoms with Gasteiger partial charge in [0.15, 0.2) is 11.6 Å². The van der Waals surface area contributed by atoms with Crippen LogP contribution in [-0.2, 0) is 4.79 Å². The Kier molecular flexibility index (Phi) is 4.38. The van der Waals surface area contributed by atoms with Crippen molar-refractivity contribution in [3.05, 3.63) is 0 Å². The lowest BCUT2D eigenvalue weighted by atomic mass is 10.3. The predicted molar refractivity (Wildman–Crippen MR) is 73.2 cm³/mol. The van der Waals surface area contributed by atoms with E-state index in [1.165, 1.54) is 0 Å². The number of nitrogens with one attached hydrogen (secondary N) is 2. The maximum atomic E-state index is 11.4. The Balaban J connectivity index is 2.09. The summed E-state index contributed by atoms with van der Waals surface area (Å²) in [6.45, 7) is 3.21. The number of hydrogen-bond acceptors (Lipinski definition) is 6.